The Morgan fingerprint density at radius 2 is 2.09 bits per heavy atom. The van der Waals surface area contributed by atoms with Crippen molar-refractivity contribution in [2.24, 2.45) is 0 Å². The third-order valence-electron chi connectivity index (χ3n) is 5.72. The summed E-state index contributed by atoms with van der Waals surface area (Å²) in [5, 5.41) is 7.52. The Labute approximate surface area is 202 Å². The second-order valence-electron chi connectivity index (χ2n) is 8.27. The highest BCUT2D eigenvalue weighted by Gasteiger charge is 2.37. The number of nitrogens with one attached hydrogen (secondary N) is 1. The summed E-state index contributed by atoms with van der Waals surface area (Å²) < 4.78 is 58.8. The van der Waals surface area contributed by atoms with Crippen LogP contribution in [0, 0.1) is 11.6 Å². The van der Waals surface area contributed by atoms with Gasteiger partial charge in [0.15, 0.2) is 0 Å². The second kappa shape index (κ2) is 9.99. The molecule has 3 heterocycles. The molecule has 190 valence electrons. The van der Waals surface area contributed by atoms with E-state index in [1.165, 1.54) is 16.6 Å². The number of hydrogen-bond acceptors (Lipinski definition) is 5. The molecule has 0 saturated carbocycles. The van der Waals surface area contributed by atoms with Gasteiger partial charge in [0.2, 0.25) is 0 Å². The maximum atomic E-state index is 14.1. The summed E-state index contributed by atoms with van der Waals surface area (Å²) in [5.41, 5.74) is 0.998. The lowest BCUT2D eigenvalue weighted by Crippen LogP contribution is -2.45. The van der Waals surface area contributed by atoms with Gasteiger partial charge in [0, 0.05) is 31.1 Å². The van der Waals surface area contributed by atoms with Gasteiger partial charge in [0.05, 0.1) is 36.1 Å². The smallest absolute Gasteiger partial charge is 0.322 e. The lowest BCUT2D eigenvalue weighted by atomic mass is 9.99. The van der Waals surface area contributed by atoms with E-state index in [0.717, 1.165) is 11.1 Å². The molecule has 0 fully saturated rings. The van der Waals surface area contributed by atoms with Crippen LogP contribution in [-0.4, -0.2) is 70.5 Å². The van der Waals surface area contributed by atoms with Crippen molar-refractivity contribution in [2.45, 2.75) is 45.0 Å². The quantitative estimate of drug-likeness (QED) is 0.483. The van der Waals surface area contributed by atoms with Gasteiger partial charge < -0.3 is 15.0 Å². The molecule has 0 bridgehead atoms. The van der Waals surface area contributed by atoms with Crippen LogP contribution in [-0.2, 0) is 29.1 Å². The Hall–Kier alpha value is -2.90. The van der Waals surface area contributed by atoms with E-state index in [-0.39, 0.29) is 42.1 Å². The van der Waals surface area contributed by atoms with Crippen molar-refractivity contribution in [3.05, 3.63) is 45.7 Å². The van der Waals surface area contributed by atoms with Crippen LogP contribution in [0.3, 0.4) is 0 Å². The van der Waals surface area contributed by atoms with E-state index in [4.69, 9.17) is 21.2 Å². The van der Waals surface area contributed by atoms with Crippen molar-refractivity contribution in [2.75, 3.05) is 25.6 Å². The first-order valence-electron chi connectivity index (χ1n) is 10.7. The molecule has 0 spiro atoms. The molecular weight excluding hydrogens is 498 g/mol. The SMILES string of the molecule is C[C@@H]1Cc2nn3c(c2CN1C(=O)Nc1cc(Cl)c(F)cc1F)C(=O)N(C)OC(COCC(F)F)C3. The number of halogens is 5. The molecule has 1 N–H and O–H groups in total. The van der Waals surface area contributed by atoms with E-state index < -0.39 is 42.7 Å². The molecule has 2 atom stereocenters. The molecule has 3 amide bonds. The summed E-state index contributed by atoms with van der Waals surface area (Å²) in [6.45, 7) is 0.880. The van der Waals surface area contributed by atoms with Gasteiger partial charge >= 0.3 is 6.03 Å². The fourth-order valence-electron chi connectivity index (χ4n) is 4.06. The number of carbonyl (C=O) groups excluding carboxylic acids is 2. The number of rotatable bonds is 5. The van der Waals surface area contributed by atoms with Crippen molar-refractivity contribution in [1.29, 1.82) is 0 Å². The average molecular weight is 520 g/mol. The van der Waals surface area contributed by atoms with Gasteiger partial charge in [0.1, 0.15) is 30.0 Å². The molecule has 14 heteroatoms. The lowest BCUT2D eigenvalue weighted by molar-refractivity contribution is -0.169. The molecule has 1 aromatic heterocycles. The number of nitrogens with zero attached hydrogens (tertiary/aromatic N) is 4. The van der Waals surface area contributed by atoms with Crippen molar-refractivity contribution in [3.8, 4) is 0 Å². The number of carbonyl (C=O) groups is 2. The number of urea groups is 1. The van der Waals surface area contributed by atoms with Crippen molar-refractivity contribution in [3.63, 3.8) is 0 Å². The molecule has 0 saturated heterocycles. The van der Waals surface area contributed by atoms with Crippen LogP contribution in [0.1, 0.15) is 28.7 Å². The fourth-order valence-corrected chi connectivity index (χ4v) is 4.23. The van der Waals surface area contributed by atoms with E-state index in [0.29, 0.717) is 23.7 Å². The summed E-state index contributed by atoms with van der Waals surface area (Å²) >= 11 is 5.70. The zero-order valence-corrected chi connectivity index (χ0v) is 19.5. The summed E-state index contributed by atoms with van der Waals surface area (Å²) in [4.78, 5) is 32.9. The standard InChI is InChI=1S/C21H22ClF4N5O4/c1-10-3-16-12(7-30(10)21(33)27-17-4-13(22)14(23)5-15(17)24)19-20(32)29(2)35-11(6-31(19)28-16)8-34-9-18(25)26/h4-5,10-11,18H,3,6-9H2,1-2H3,(H,27,33)/t10-,11?/m1/s1. The zero-order chi connectivity index (χ0) is 25.4. The highest BCUT2D eigenvalue weighted by molar-refractivity contribution is 6.31. The van der Waals surface area contributed by atoms with Crippen LogP contribution < -0.4 is 5.32 Å². The molecule has 2 aliphatic heterocycles. The van der Waals surface area contributed by atoms with Crippen molar-refractivity contribution in [1.82, 2.24) is 19.7 Å². The molecule has 1 aromatic carbocycles. The third-order valence-corrected chi connectivity index (χ3v) is 6.01. The number of alkyl halides is 2. The highest BCUT2D eigenvalue weighted by Crippen LogP contribution is 2.30. The zero-order valence-electron chi connectivity index (χ0n) is 18.7. The minimum atomic E-state index is -2.63. The van der Waals surface area contributed by atoms with Crippen molar-refractivity contribution >= 4 is 29.2 Å². The number of hydroxylamine groups is 2. The summed E-state index contributed by atoms with van der Waals surface area (Å²) in [7, 11) is 1.38. The van der Waals surface area contributed by atoms with Gasteiger partial charge in [-0.2, -0.15) is 5.10 Å². The summed E-state index contributed by atoms with van der Waals surface area (Å²) in [6.07, 6.45) is -3.07. The predicted molar refractivity (Wildman–Crippen MR) is 115 cm³/mol. The Morgan fingerprint density at radius 1 is 1.34 bits per heavy atom. The van der Waals surface area contributed by atoms with Crippen LogP contribution in [0.4, 0.5) is 28.0 Å². The molecule has 35 heavy (non-hydrogen) atoms. The van der Waals surface area contributed by atoms with E-state index in [9.17, 15) is 27.2 Å². The molecule has 2 aromatic rings. The van der Waals surface area contributed by atoms with Gasteiger partial charge in [-0.05, 0) is 13.0 Å². The van der Waals surface area contributed by atoms with E-state index in [1.807, 2.05) is 0 Å². The Balaban J connectivity index is 1.56. The number of ether oxygens (including phenoxy) is 1. The molecule has 9 nitrogen and oxygen atoms in total. The van der Waals surface area contributed by atoms with Gasteiger partial charge in [-0.1, -0.05) is 11.6 Å². The molecule has 0 aliphatic carbocycles. The van der Waals surface area contributed by atoms with Crippen LogP contribution in [0.25, 0.3) is 0 Å². The Morgan fingerprint density at radius 3 is 2.80 bits per heavy atom. The van der Waals surface area contributed by atoms with E-state index in [2.05, 4.69) is 10.4 Å². The van der Waals surface area contributed by atoms with Gasteiger partial charge in [-0.15, -0.1) is 0 Å². The number of anilines is 1. The topological polar surface area (TPSA) is 88.9 Å². The first-order valence-corrected chi connectivity index (χ1v) is 11.0. The molecule has 4 rings (SSSR count). The maximum absolute atomic E-state index is 14.1. The maximum Gasteiger partial charge on any atom is 0.322 e. The average Bonchev–Trinajstić information content (AvgIpc) is 3.06. The minimum absolute atomic E-state index is 0.0135. The Bertz CT molecular complexity index is 1150. The number of fused-ring (bicyclic) bond motifs is 3. The summed E-state index contributed by atoms with van der Waals surface area (Å²) in [5.74, 6) is -2.47. The van der Waals surface area contributed by atoms with Crippen LogP contribution in [0.15, 0.2) is 12.1 Å². The summed E-state index contributed by atoms with van der Waals surface area (Å²) in [6, 6.07) is 0.509. The molecule has 0 radical (unpaired) electrons. The normalized spacial score (nSPS) is 20.1. The number of amides is 3. The first-order chi connectivity index (χ1) is 16.5. The first kappa shape index (κ1) is 25.2. The molecule has 1 unspecified atom stereocenters. The minimum Gasteiger partial charge on any atom is -0.373 e. The van der Waals surface area contributed by atoms with Crippen LogP contribution >= 0.6 is 11.6 Å². The van der Waals surface area contributed by atoms with E-state index in [1.54, 1.807) is 6.92 Å². The lowest BCUT2D eigenvalue weighted by Gasteiger charge is -2.33. The van der Waals surface area contributed by atoms with Gasteiger partial charge in [-0.3, -0.25) is 14.3 Å². The highest BCUT2D eigenvalue weighted by atomic mass is 35.5. The second-order valence-corrected chi connectivity index (χ2v) is 8.68. The van der Waals surface area contributed by atoms with Crippen LogP contribution in [0.2, 0.25) is 5.02 Å². The van der Waals surface area contributed by atoms with Gasteiger partial charge in [-0.25, -0.2) is 27.4 Å². The van der Waals surface area contributed by atoms with Crippen molar-refractivity contribution < 1.29 is 36.7 Å². The predicted octanol–water partition coefficient (Wildman–Crippen LogP) is 3.46. The molecular formula is C21H22ClF4N5O4. The van der Waals surface area contributed by atoms with Crippen LogP contribution in [0.5, 0.6) is 0 Å². The number of benzene rings is 1. The Kier molecular flexibility index (Phi) is 7.20. The third kappa shape index (κ3) is 5.21. The monoisotopic (exact) mass is 519 g/mol. The number of aromatic nitrogens is 2. The van der Waals surface area contributed by atoms with Gasteiger partial charge in [0.25, 0.3) is 12.3 Å². The number of hydrogen-bond donors (Lipinski definition) is 1. The largest absolute Gasteiger partial charge is 0.373 e. The fraction of sp³-hybridized carbons (Fsp3) is 0.476. The van der Waals surface area contributed by atoms with E-state index >= 15 is 0 Å². The molecule has 2 aliphatic rings.